The minimum atomic E-state index is 0.142. The van der Waals surface area contributed by atoms with Crippen LogP contribution in [0.3, 0.4) is 0 Å². The zero-order valence-electron chi connectivity index (χ0n) is 11.3. The number of nitrogens with one attached hydrogen (secondary N) is 1. The number of aliphatic hydroxyl groups excluding tert-OH is 1. The second-order valence-electron chi connectivity index (χ2n) is 4.75. The van der Waals surface area contributed by atoms with Gasteiger partial charge in [-0.1, -0.05) is 12.8 Å². The van der Waals surface area contributed by atoms with Gasteiger partial charge in [0.15, 0.2) is 0 Å². The third kappa shape index (κ3) is 3.57. The van der Waals surface area contributed by atoms with Crippen LogP contribution in [-0.2, 0) is 0 Å². The van der Waals surface area contributed by atoms with E-state index < -0.39 is 0 Å². The molecule has 1 fully saturated rings. The van der Waals surface area contributed by atoms with Crippen LogP contribution in [0.25, 0.3) is 0 Å². The first-order valence-corrected chi connectivity index (χ1v) is 7.69. The molecule has 1 aromatic rings. The summed E-state index contributed by atoms with van der Waals surface area (Å²) in [6, 6.07) is 0.479. The maximum absolute atomic E-state index is 9.31. The second kappa shape index (κ2) is 7.05. The number of nitrogens with zero attached hydrogens (tertiary/aromatic N) is 3. The molecule has 0 amide bonds. The topological polar surface area (TPSA) is 61.3 Å². The van der Waals surface area contributed by atoms with Crippen LogP contribution in [0.15, 0.2) is 10.7 Å². The van der Waals surface area contributed by atoms with E-state index in [-0.39, 0.29) is 6.61 Å². The minimum Gasteiger partial charge on any atom is -0.395 e. The predicted molar refractivity (Wildman–Crippen MR) is 80.6 cm³/mol. The molecule has 0 spiro atoms. The van der Waals surface area contributed by atoms with E-state index in [1.165, 1.54) is 25.7 Å². The standard InChI is InChI=1S/C13H21BrN4O/c1-2-15-13-16-9-11(14)12(17-13)18(7-8-19)10-5-3-4-6-10/h9-10,19H,2-8H2,1H3,(H,15,16,17). The maximum atomic E-state index is 9.31. The molecule has 6 heteroatoms. The highest BCUT2D eigenvalue weighted by Gasteiger charge is 2.25. The number of anilines is 2. The normalized spacial score (nSPS) is 15.7. The fourth-order valence-corrected chi connectivity index (χ4v) is 3.01. The van der Waals surface area contributed by atoms with Crippen LogP contribution in [0.2, 0.25) is 0 Å². The number of aromatic nitrogens is 2. The first-order valence-electron chi connectivity index (χ1n) is 6.90. The largest absolute Gasteiger partial charge is 0.395 e. The quantitative estimate of drug-likeness (QED) is 0.839. The number of hydrogen-bond acceptors (Lipinski definition) is 5. The Morgan fingerprint density at radius 1 is 1.47 bits per heavy atom. The second-order valence-corrected chi connectivity index (χ2v) is 5.61. The summed E-state index contributed by atoms with van der Waals surface area (Å²) in [6.07, 6.45) is 6.64. The summed E-state index contributed by atoms with van der Waals surface area (Å²) in [6.45, 7) is 3.58. The first-order chi connectivity index (χ1) is 9.26. The van der Waals surface area contributed by atoms with Crippen LogP contribution < -0.4 is 10.2 Å². The van der Waals surface area contributed by atoms with Gasteiger partial charge in [-0.3, -0.25) is 0 Å². The fraction of sp³-hybridized carbons (Fsp3) is 0.692. The predicted octanol–water partition coefficient (Wildman–Crippen LogP) is 2.41. The van der Waals surface area contributed by atoms with E-state index in [1.807, 2.05) is 6.92 Å². The summed E-state index contributed by atoms with van der Waals surface area (Å²) in [5, 5.41) is 12.4. The smallest absolute Gasteiger partial charge is 0.224 e. The van der Waals surface area contributed by atoms with Gasteiger partial charge in [0, 0.05) is 25.3 Å². The highest BCUT2D eigenvalue weighted by Crippen LogP contribution is 2.31. The van der Waals surface area contributed by atoms with Crippen molar-refractivity contribution in [3.05, 3.63) is 10.7 Å². The molecule has 0 aliphatic heterocycles. The molecular weight excluding hydrogens is 308 g/mol. The molecular formula is C13H21BrN4O. The van der Waals surface area contributed by atoms with Gasteiger partial charge in [-0.25, -0.2) is 4.98 Å². The number of halogens is 1. The average Bonchev–Trinajstić information content (AvgIpc) is 2.93. The number of hydrogen-bond donors (Lipinski definition) is 2. The van der Waals surface area contributed by atoms with Gasteiger partial charge in [0.25, 0.3) is 0 Å². The lowest BCUT2D eigenvalue weighted by Crippen LogP contribution is -2.36. The highest BCUT2D eigenvalue weighted by molar-refractivity contribution is 9.10. The molecule has 1 aliphatic rings. The molecule has 0 bridgehead atoms. The van der Waals surface area contributed by atoms with E-state index in [4.69, 9.17) is 0 Å². The SMILES string of the molecule is CCNc1ncc(Br)c(N(CCO)C2CCCC2)n1. The molecule has 2 rings (SSSR count). The number of aliphatic hydroxyl groups is 1. The minimum absolute atomic E-state index is 0.142. The third-order valence-electron chi connectivity index (χ3n) is 3.44. The fourth-order valence-electron chi connectivity index (χ4n) is 2.59. The summed E-state index contributed by atoms with van der Waals surface area (Å²) in [4.78, 5) is 11.0. The van der Waals surface area contributed by atoms with Crippen molar-refractivity contribution in [2.24, 2.45) is 0 Å². The van der Waals surface area contributed by atoms with Crippen LogP contribution in [0.5, 0.6) is 0 Å². The summed E-state index contributed by atoms with van der Waals surface area (Å²) in [5.41, 5.74) is 0. The molecule has 0 unspecified atom stereocenters. The van der Waals surface area contributed by atoms with E-state index in [0.29, 0.717) is 18.5 Å². The Bertz CT molecular complexity index is 410. The Hall–Kier alpha value is -0.880. The van der Waals surface area contributed by atoms with Gasteiger partial charge in [-0.2, -0.15) is 4.98 Å². The Kier molecular flexibility index (Phi) is 5.39. The van der Waals surface area contributed by atoms with Crippen molar-refractivity contribution in [2.45, 2.75) is 38.6 Å². The lowest BCUT2D eigenvalue weighted by molar-refractivity contribution is 0.296. The molecule has 2 N–H and O–H groups in total. The molecule has 0 radical (unpaired) electrons. The highest BCUT2D eigenvalue weighted by atomic mass is 79.9. The van der Waals surface area contributed by atoms with Gasteiger partial charge in [-0.05, 0) is 35.7 Å². The van der Waals surface area contributed by atoms with Gasteiger partial charge in [0.2, 0.25) is 5.95 Å². The van der Waals surface area contributed by atoms with Crippen LogP contribution in [0, 0.1) is 0 Å². The molecule has 1 heterocycles. The molecule has 19 heavy (non-hydrogen) atoms. The molecule has 5 nitrogen and oxygen atoms in total. The Morgan fingerprint density at radius 3 is 2.84 bits per heavy atom. The van der Waals surface area contributed by atoms with E-state index >= 15 is 0 Å². The van der Waals surface area contributed by atoms with Crippen LogP contribution >= 0.6 is 15.9 Å². The van der Waals surface area contributed by atoms with Gasteiger partial charge in [-0.15, -0.1) is 0 Å². The Balaban J connectivity index is 2.25. The summed E-state index contributed by atoms with van der Waals surface area (Å²) in [7, 11) is 0. The van der Waals surface area contributed by atoms with E-state index in [9.17, 15) is 5.11 Å². The van der Waals surface area contributed by atoms with Crippen LogP contribution in [0.1, 0.15) is 32.6 Å². The van der Waals surface area contributed by atoms with Gasteiger partial charge in [0.1, 0.15) is 5.82 Å². The Morgan fingerprint density at radius 2 is 2.21 bits per heavy atom. The molecule has 0 saturated heterocycles. The van der Waals surface area contributed by atoms with E-state index in [1.54, 1.807) is 6.20 Å². The van der Waals surface area contributed by atoms with Crippen molar-refractivity contribution < 1.29 is 5.11 Å². The molecule has 0 aromatic carbocycles. The van der Waals surface area contributed by atoms with Gasteiger partial charge >= 0.3 is 0 Å². The lowest BCUT2D eigenvalue weighted by Gasteiger charge is -2.30. The summed E-state index contributed by atoms with van der Waals surface area (Å²) in [5.74, 6) is 1.52. The lowest BCUT2D eigenvalue weighted by atomic mass is 10.2. The molecule has 1 aromatic heterocycles. The number of rotatable bonds is 6. The first kappa shape index (κ1) is 14.5. The van der Waals surface area contributed by atoms with Crippen molar-refractivity contribution in [3.63, 3.8) is 0 Å². The van der Waals surface area contributed by atoms with Crippen LogP contribution in [-0.4, -0.2) is 40.8 Å². The van der Waals surface area contributed by atoms with E-state index in [0.717, 1.165) is 16.8 Å². The molecule has 106 valence electrons. The third-order valence-corrected chi connectivity index (χ3v) is 4.00. The van der Waals surface area contributed by atoms with E-state index in [2.05, 4.69) is 36.1 Å². The zero-order valence-corrected chi connectivity index (χ0v) is 12.9. The molecule has 1 saturated carbocycles. The zero-order chi connectivity index (χ0) is 13.7. The molecule has 1 aliphatic carbocycles. The van der Waals surface area contributed by atoms with Crippen molar-refractivity contribution in [1.29, 1.82) is 0 Å². The van der Waals surface area contributed by atoms with Crippen LogP contribution in [0.4, 0.5) is 11.8 Å². The summed E-state index contributed by atoms with van der Waals surface area (Å²) < 4.78 is 0.884. The van der Waals surface area contributed by atoms with Crippen molar-refractivity contribution >= 4 is 27.7 Å². The maximum Gasteiger partial charge on any atom is 0.224 e. The van der Waals surface area contributed by atoms with Crippen molar-refractivity contribution in [3.8, 4) is 0 Å². The Labute approximate surface area is 122 Å². The molecule has 0 atom stereocenters. The van der Waals surface area contributed by atoms with Crippen molar-refractivity contribution in [1.82, 2.24) is 9.97 Å². The average molecular weight is 329 g/mol. The van der Waals surface area contributed by atoms with Crippen molar-refractivity contribution in [2.75, 3.05) is 29.9 Å². The van der Waals surface area contributed by atoms with Gasteiger partial charge < -0.3 is 15.3 Å². The summed E-state index contributed by atoms with van der Waals surface area (Å²) >= 11 is 3.52. The van der Waals surface area contributed by atoms with Gasteiger partial charge in [0.05, 0.1) is 11.1 Å². The monoisotopic (exact) mass is 328 g/mol.